The summed E-state index contributed by atoms with van der Waals surface area (Å²) in [5, 5.41) is 0.0333. The molecule has 0 saturated carbocycles. The summed E-state index contributed by atoms with van der Waals surface area (Å²) in [5.41, 5.74) is 0. The highest BCUT2D eigenvalue weighted by molar-refractivity contribution is 7.89. The van der Waals surface area contributed by atoms with Crippen LogP contribution in [0.2, 0.25) is 5.28 Å². The van der Waals surface area contributed by atoms with Gasteiger partial charge in [-0.3, -0.25) is 0 Å². The van der Waals surface area contributed by atoms with Crippen LogP contribution >= 0.6 is 11.6 Å². The Labute approximate surface area is 118 Å². The minimum Gasteiger partial charge on any atom is -0.302 e. The smallest absolute Gasteiger partial charge is 0.243 e. The van der Waals surface area contributed by atoms with Gasteiger partial charge >= 0.3 is 0 Å². The molecule has 19 heavy (non-hydrogen) atoms. The molecule has 1 aromatic rings. The van der Waals surface area contributed by atoms with Crippen LogP contribution in [0.1, 0.15) is 19.3 Å². The molecule has 1 unspecified atom stereocenters. The molecule has 0 amide bonds. The molecule has 1 aliphatic heterocycles. The van der Waals surface area contributed by atoms with Gasteiger partial charge in [-0.15, -0.1) is 0 Å². The zero-order chi connectivity index (χ0) is 13.9. The molecule has 1 atom stereocenters. The molecule has 8 heteroatoms. The molecule has 1 aliphatic rings. The number of nitrogens with one attached hydrogen (secondary N) is 1. The van der Waals surface area contributed by atoms with Crippen molar-refractivity contribution in [1.82, 2.24) is 19.6 Å². The lowest BCUT2D eigenvalue weighted by molar-refractivity contribution is 0.187. The number of sulfonamides is 1. The van der Waals surface area contributed by atoms with Gasteiger partial charge in [0.2, 0.25) is 15.3 Å². The average molecular weight is 305 g/mol. The second-order valence-corrected chi connectivity index (χ2v) is 6.77. The molecule has 1 N–H and O–H groups in total. The van der Waals surface area contributed by atoms with Crippen LogP contribution in [0.4, 0.5) is 0 Å². The van der Waals surface area contributed by atoms with Crippen LogP contribution in [0.15, 0.2) is 17.3 Å². The van der Waals surface area contributed by atoms with Crippen molar-refractivity contribution in [3.05, 3.63) is 17.7 Å². The van der Waals surface area contributed by atoms with Gasteiger partial charge in [-0.25, -0.2) is 23.1 Å². The fourth-order valence-corrected chi connectivity index (χ4v) is 3.19. The number of piperidine rings is 1. The van der Waals surface area contributed by atoms with E-state index >= 15 is 0 Å². The van der Waals surface area contributed by atoms with Gasteiger partial charge in [-0.05, 0) is 38.0 Å². The van der Waals surface area contributed by atoms with E-state index in [1.165, 1.54) is 18.8 Å². The molecule has 1 fully saturated rings. The molecule has 2 heterocycles. The van der Waals surface area contributed by atoms with E-state index in [0.717, 1.165) is 19.4 Å². The van der Waals surface area contributed by atoms with Crippen molar-refractivity contribution < 1.29 is 8.42 Å². The monoisotopic (exact) mass is 304 g/mol. The third-order valence-electron chi connectivity index (χ3n) is 3.34. The number of rotatable bonds is 4. The van der Waals surface area contributed by atoms with Gasteiger partial charge in [0, 0.05) is 12.6 Å². The normalized spacial score (nSPS) is 21.5. The number of nitrogens with zero attached hydrogens (tertiary/aromatic N) is 3. The maximum atomic E-state index is 12.0. The van der Waals surface area contributed by atoms with Gasteiger partial charge in [0.05, 0.1) is 12.4 Å². The number of halogens is 1. The summed E-state index contributed by atoms with van der Waals surface area (Å²) in [6.45, 7) is 1.41. The SMILES string of the molecule is CN1CCCCC1CNS(=O)(=O)c1cnc(Cl)nc1. The predicted octanol–water partition coefficient (Wildman–Crippen LogP) is 0.893. The Morgan fingerprint density at radius 2 is 2.11 bits per heavy atom. The van der Waals surface area contributed by atoms with E-state index in [9.17, 15) is 8.42 Å². The van der Waals surface area contributed by atoms with Crippen molar-refractivity contribution in [2.45, 2.75) is 30.2 Å². The van der Waals surface area contributed by atoms with Crippen molar-refractivity contribution in [3.63, 3.8) is 0 Å². The van der Waals surface area contributed by atoms with Gasteiger partial charge in [-0.1, -0.05) is 6.42 Å². The number of hydrogen-bond donors (Lipinski definition) is 1. The number of hydrogen-bond acceptors (Lipinski definition) is 5. The van der Waals surface area contributed by atoms with Crippen LogP contribution < -0.4 is 4.72 Å². The van der Waals surface area contributed by atoms with Crippen LogP contribution in [-0.2, 0) is 10.0 Å². The molecule has 0 aromatic carbocycles. The Balaban J connectivity index is 1.99. The van der Waals surface area contributed by atoms with Crippen LogP contribution in [-0.4, -0.2) is 49.5 Å². The lowest BCUT2D eigenvalue weighted by atomic mass is 10.0. The van der Waals surface area contributed by atoms with E-state index in [1.54, 1.807) is 0 Å². The lowest BCUT2D eigenvalue weighted by Crippen LogP contribution is -2.44. The highest BCUT2D eigenvalue weighted by Gasteiger charge is 2.22. The summed E-state index contributed by atoms with van der Waals surface area (Å²) < 4.78 is 26.7. The summed E-state index contributed by atoms with van der Waals surface area (Å²) >= 11 is 5.54. The number of likely N-dealkylation sites (tertiary alicyclic amines) is 1. The van der Waals surface area contributed by atoms with Crippen molar-refractivity contribution in [2.75, 3.05) is 20.1 Å². The maximum Gasteiger partial charge on any atom is 0.243 e. The zero-order valence-electron chi connectivity index (χ0n) is 10.7. The van der Waals surface area contributed by atoms with Crippen LogP contribution in [0.3, 0.4) is 0 Å². The molecule has 0 radical (unpaired) electrons. The highest BCUT2D eigenvalue weighted by atomic mass is 35.5. The van der Waals surface area contributed by atoms with Crippen LogP contribution in [0.5, 0.6) is 0 Å². The third-order valence-corrected chi connectivity index (χ3v) is 4.91. The Bertz CT molecular complexity index is 520. The minimum atomic E-state index is -3.56. The summed E-state index contributed by atoms with van der Waals surface area (Å²) in [6, 6.07) is 0.247. The van der Waals surface area contributed by atoms with Crippen molar-refractivity contribution >= 4 is 21.6 Å². The molecule has 1 aromatic heterocycles. The third kappa shape index (κ3) is 3.85. The number of aromatic nitrogens is 2. The summed E-state index contributed by atoms with van der Waals surface area (Å²) in [5.74, 6) is 0. The maximum absolute atomic E-state index is 12.0. The van der Waals surface area contributed by atoms with E-state index in [-0.39, 0.29) is 16.2 Å². The van der Waals surface area contributed by atoms with Gasteiger partial charge in [0.25, 0.3) is 0 Å². The van der Waals surface area contributed by atoms with Crippen molar-refractivity contribution in [1.29, 1.82) is 0 Å². The fraction of sp³-hybridized carbons (Fsp3) is 0.636. The second-order valence-electron chi connectivity index (χ2n) is 4.67. The Hall–Kier alpha value is -0.760. The van der Waals surface area contributed by atoms with E-state index in [0.29, 0.717) is 6.54 Å². The standard InChI is InChI=1S/C11H17ClN4O2S/c1-16-5-3-2-4-9(16)6-15-19(17,18)10-7-13-11(12)14-8-10/h7-9,15H,2-6H2,1H3. The quantitative estimate of drug-likeness (QED) is 0.836. The lowest BCUT2D eigenvalue weighted by Gasteiger charge is -2.32. The molecule has 2 rings (SSSR count). The zero-order valence-corrected chi connectivity index (χ0v) is 12.3. The van der Waals surface area contributed by atoms with Gasteiger partial charge in [-0.2, -0.15) is 0 Å². The van der Waals surface area contributed by atoms with E-state index in [4.69, 9.17) is 11.6 Å². The number of likely N-dealkylation sites (N-methyl/N-ethyl adjacent to an activating group) is 1. The van der Waals surface area contributed by atoms with E-state index in [2.05, 4.69) is 19.6 Å². The Morgan fingerprint density at radius 1 is 1.42 bits per heavy atom. The Morgan fingerprint density at radius 3 is 2.74 bits per heavy atom. The van der Waals surface area contributed by atoms with E-state index < -0.39 is 10.0 Å². The summed E-state index contributed by atoms with van der Waals surface area (Å²) in [4.78, 5) is 9.58. The first-order valence-corrected chi connectivity index (χ1v) is 8.02. The van der Waals surface area contributed by atoms with Crippen molar-refractivity contribution in [3.8, 4) is 0 Å². The predicted molar refractivity (Wildman–Crippen MR) is 72.5 cm³/mol. The van der Waals surface area contributed by atoms with Gasteiger partial charge in [0.15, 0.2) is 0 Å². The average Bonchev–Trinajstić information content (AvgIpc) is 2.38. The highest BCUT2D eigenvalue weighted by Crippen LogP contribution is 2.15. The summed E-state index contributed by atoms with van der Waals surface area (Å²) in [6.07, 6.45) is 5.74. The van der Waals surface area contributed by atoms with Gasteiger partial charge < -0.3 is 4.90 Å². The molecule has 106 valence electrons. The first kappa shape index (κ1) is 14.6. The molecule has 0 spiro atoms. The largest absolute Gasteiger partial charge is 0.302 e. The van der Waals surface area contributed by atoms with Crippen LogP contribution in [0.25, 0.3) is 0 Å². The topological polar surface area (TPSA) is 75.2 Å². The summed E-state index contributed by atoms with van der Waals surface area (Å²) in [7, 11) is -1.54. The second kappa shape index (κ2) is 6.13. The molecule has 0 aliphatic carbocycles. The molecule has 1 saturated heterocycles. The first-order valence-electron chi connectivity index (χ1n) is 6.16. The molecular formula is C11H17ClN4O2S. The van der Waals surface area contributed by atoms with Gasteiger partial charge in [0.1, 0.15) is 4.90 Å². The molecule has 0 bridgehead atoms. The first-order chi connectivity index (χ1) is 8.99. The van der Waals surface area contributed by atoms with E-state index in [1.807, 2.05) is 7.05 Å². The fourth-order valence-electron chi connectivity index (χ4n) is 2.13. The van der Waals surface area contributed by atoms with Crippen LogP contribution in [0, 0.1) is 0 Å². The van der Waals surface area contributed by atoms with Crippen molar-refractivity contribution in [2.24, 2.45) is 0 Å². The Kier molecular flexibility index (Phi) is 4.72. The minimum absolute atomic E-state index is 0.0333. The molecule has 6 nitrogen and oxygen atoms in total. The molecular weight excluding hydrogens is 288 g/mol.